The van der Waals surface area contributed by atoms with Gasteiger partial charge in [-0.15, -0.1) is 0 Å². The molecule has 0 bridgehead atoms. The summed E-state index contributed by atoms with van der Waals surface area (Å²) in [5.41, 5.74) is -0.0421. The van der Waals surface area contributed by atoms with Gasteiger partial charge in [-0.2, -0.15) is 27.2 Å². The van der Waals surface area contributed by atoms with Crippen LogP contribution in [0.3, 0.4) is 0 Å². The van der Waals surface area contributed by atoms with E-state index in [4.69, 9.17) is 14.7 Å². The molecule has 232 valence electrons. The summed E-state index contributed by atoms with van der Waals surface area (Å²) in [4.78, 5) is 0. The number of nitrogens with zero attached hydrogens (tertiary/aromatic N) is 1. The standard InChI is InChI=1S/C34H38F5NO3/c1-29(2)19-42-31(43-20-29)14-12-24-23(17-31)10-11-25-27-13-15-32(41,33(35,36)34(37,38)39)30(27,3)18-26(28(24)25)22-8-6-21(7-9-22)5-4-16-40/h4-9,17,25-27,41H,10-15,18-20H2,1-3H3/b5-4+/t25?,26-,27?,30+,32+/m1/s1. The van der Waals surface area contributed by atoms with Gasteiger partial charge >= 0.3 is 12.1 Å². The Kier molecular flexibility index (Phi) is 7.08. The van der Waals surface area contributed by atoms with Gasteiger partial charge in [-0.1, -0.05) is 50.6 Å². The van der Waals surface area contributed by atoms with E-state index in [1.807, 2.05) is 30.3 Å². The summed E-state index contributed by atoms with van der Waals surface area (Å²) in [5.74, 6) is -7.24. The van der Waals surface area contributed by atoms with E-state index in [0.29, 0.717) is 38.9 Å². The summed E-state index contributed by atoms with van der Waals surface area (Å²) in [6.07, 6.45) is 1.19. The molecule has 4 nitrogen and oxygen atoms in total. The highest BCUT2D eigenvalue weighted by atomic mass is 19.4. The molecule has 0 amide bonds. The molecule has 1 aromatic carbocycles. The molecule has 5 aliphatic rings. The van der Waals surface area contributed by atoms with Crippen molar-refractivity contribution in [2.75, 3.05) is 13.2 Å². The lowest BCUT2D eigenvalue weighted by molar-refractivity contribution is -0.362. The van der Waals surface area contributed by atoms with Crippen LogP contribution in [0, 0.1) is 34.0 Å². The van der Waals surface area contributed by atoms with Gasteiger partial charge in [0.1, 0.15) is 5.60 Å². The molecule has 2 saturated carbocycles. The van der Waals surface area contributed by atoms with Crippen LogP contribution in [0.25, 0.3) is 6.08 Å². The zero-order chi connectivity index (χ0) is 31.1. The van der Waals surface area contributed by atoms with E-state index in [1.54, 1.807) is 6.08 Å². The van der Waals surface area contributed by atoms with Crippen LogP contribution >= 0.6 is 0 Å². The zero-order valence-corrected chi connectivity index (χ0v) is 24.7. The van der Waals surface area contributed by atoms with Gasteiger partial charge in [0, 0.05) is 29.2 Å². The number of alkyl halides is 5. The molecule has 5 atom stereocenters. The van der Waals surface area contributed by atoms with Crippen LogP contribution in [-0.2, 0) is 9.47 Å². The van der Waals surface area contributed by atoms with Crippen LogP contribution in [0.4, 0.5) is 22.0 Å². The van der Waals surface area contributed by atoms with E-state index in [2.05, 4.69) is 19.9 Å². The Morgan fingerprint density at radius 2 is 1.65 bits per heavy atom. The minimum absolute atomic E-state index is 0.0256. The Morgan fingerprint density at radius 3 is 2.28 bits per heavy atom. The minimum Gasteiger partial charge on any atom is -0.383 e. The van der Waals surface area contributed by atoms with Crippen LogP contribution in [0.1, 0.15) is 82.8 Å². The molecule has 0 radical (unpaired) electrons. The number of ether oxygens (including phenoxy) is 2. The van der Waals surface area contributed by atoms with E-state index < -0.39 is 47.2 Å². The molecule has 3 fully saturated rings. The van der Waals surface area contributed by atoms with Crippen LogP contribution in [-0.4, -0.2) is 41.8 Å². The summed E-state index contributed by atoms with van der Waals surface area (Å²) in [6, 6.07) is 9.33. The Balaban J connectivity index is 1.46. The van der Waals surface area contributed by atoms with Crippen molar-refractivity contribution in [3.63, 3.8) is 0 Å². The fourth-order valence-corrected chi connectivity index (χ4v) is 8.76. The molecule has 1 aromatic rings. The first kappa shape index (κ1) is 30.5. The number of rotatable bonds is 3. The number of benzene rings is 1. The molecule has 6 rings (SSSR count). The van der Waals surface area contributed by atoms with Crippen molar-refractivity contribution in [2.24, 2.45) is 22.7 Å². The first-order valence-electron chi connectivity index (χ1n) is 15.1. The van der Waals surface area contributed by atoms with Gasteiger partial charge in [0.05, 0.1) is 19.3 Å². The predicted octanol–water partition coefficient (Wildman–Crippen LogP) is 8.25. The molecule has 9 heteroatoms. The Hall–Kier alpha value is -2.54. The molecule has 4 aliphatic carbocycles. The molecule has 1 aliphatic heterocycles. The van der Waals surface area contributed by atoms with E-state index in [1.165, 1.54) is 13.0 Å². The number of fused-ring (bicyclic) bond motifs is 4. The third-order valence-corrected chi connectivity index (χ3v) is 11.0. The molecule has 1 heterocycles. The smallest absolute Gasteiger partial charge is 0.383 e. The maximum atomic E-state index is 15.2. The average Bonchev–Trinajstić information content (AvgIpc) is 3.24. The number of nitriles is 1. The highest BCUT2D eigenvalue weighted by molar-refractivity contribution is 5.54. The molecule has 2 unspecified atom stereocenters. The number of hydrogen-bond acceptors (Lipinski definition) is 4. The van der Waals surface area contributed by atoms with Crippen molar-refractivity contribution in [2.45, 2.75) is 95.1 Å². The maximum Gasteiger partial charge on any atom is 0.456 e. The highest BCUT2D eigenvalue weighted by Crippen LogP contribution is 2.70. The second-order valence-corrected chi connectivity index (χ2v) is 14.2. The third kappa shape index (κ3) is 4.62. The molecule has 1 saturated heterocycles. The van der Waals surface area contributed by atoms with Crippen molar-refractivity contribution in [3.05, 3.63) is 64.3 Å². The second kappa shape index (κ2) is 9.98. The summed E-state index contributed by atoms with van der Waals surface area (Å²) < 4.78 is 84.5. The fourth-order valence-electron chi connectivity index (χ4n) is 8.76. The van der Waals surface area contributed by atoms with Gasteiger partial charge in [0.25, 0.3) is 0 Å². The number of halogens is 5. The van der Waals surface area contributed by atoms with Gasteiger partial charge < -0.3 is 14.6 Å². The summed E-state index contributed by atoms with van der Waals surface area (Å²) in [6.45, 7) is 6.75. The maximum absolute atomic E-state index is 15.2. The van der Waals surface area contributed by atoms with Gasteiger partial charge in [0.15, 0.2) is 5.79 Å². The fraction of sp³-hybridized carbons (Fsp3) is 0.618. The summed E-state index contributed by atoms with van der Waals surface area (Å²) in [5, 5.41) is 20.4. The van der Waals surface area contributed by atoms with Crippen LogP contribution in [0.15, 0.2) is 53.1 Å². The molecular formula is C34H38F5NO3. The Bertz CT molecular complexity index is 1410. The Labute approximate surface area is 249 Å². The lowest BCUT2D eigenvalue weighted by atomic mass is 9.50. The number of hydrogen-bond donors (Lipinski definition) is 1. The Morgan fingerprint density at radius 1 is 0.977 bits per heavy atom. The lowest BCUT2D eigenvalue weighted by Crippen LogP contribution is -2.65. The van der Waals surface area contributed by atoms with Gasteiger partial charge in [-0.05, 0) is 84.8 Å². The normalized spacial score (nSPS) is 35.3. The lowest BCUT2D eigenvalue weighted by Gasteiger charge is -2.56. The predicted molar refractivity (Wildman–Crippen MR) is 151 cm³/mol. The zero-order valence-electron chi connectivity index (χ0n) is 24.7. The highest BCUT2D eigenvalue weighted by Gasteiger charge is 2.79. The second-order valence-electron chi connectivity index (χ2n) is 14.2. The molecule has 0 aromatic heterocycles. The first-order chi connectivity index (χ1) is 20.1. The van der Waals surface area contributed by atoms with Crippen LogP contribution in [0.5, 0.6) is 0 Å². The molecular weight excluding hydrogens is 565 g/mol. The molecule has 43 heavy (non-hydrogen) atoms. The van der Waals surface area contributed by atoms with Crippen molar-refractivity contribution >= 4 is 6.08 Å². The number of allylic oxidation sites excluding steroid dienone is 4. The van der Waals surface area contributed by atoms with Crippen molar-refractivity contribution in [3.8, 4) is 6.07 Å². The van der Waals surface area contributed by atoms with Crippen LogP contribution in [0.2, 0.25) is 0 Å². The average molecular weight is 604 g/mol. The third-order valence-electron chi connectivity index (χ3n) is 11.0. The van der Waals surface area contributed by atoms with E-state index >= 15 is 8.78 Å². The van der Waals surface area contributed by atoms with Crippen molar-refractivity contribution in [1.29, 1.82) is 5.26 Å². The van der Waals surface area contributed by atoms with E-state index in [0.717, 1.165) is 27.8 Å². The monoisotopic (exact) mass is 603 g/mol. The van der Waals surface area contributed by atoms with Gasteiger partial charge in [-0.3, -0.25) is 0 Å². The van der Waals surface area contributed by atoms with Crippen molar-refractivity contribution < 1.29 is 36.5 Å². The quantitative estimate of drug-likeness (QED) is 0.279. The van der Waals surface area contributed by atoms with E-state index in [9.17, 15) is 18.3 Å². The summed E-state index contributed by atoms with van der Waals surface area (Å²) >= 11 is 0. The SMILES string of the molecule is CC1(C)COC2(C=C3CCC4C(=C3CC2)[C@@H](c2ccc(/C=C/C#N)cc2)C[C@@]2(C)C4CC[C@@]2(O)C(F)(F)C(F)(F)F)OC1. The number of aliphatic hydroxyl groups is 1. The van der Waals surface area contributed by atoms with E-state index in [-0.39, 0.29) is 24.2 Å². The molecule has 1 N–H and O–H groups in total. The van der Waals surface area contributed by atoms with Gasteiger partial charge in [0.2, 0.25) is 0 Å². The van der Waals surface area contributed by atoms with Gasteiger partial charge in [-0.25, -0.2) is 0 Å². The first-order valence-corrected chi connectivity index (χ1v) is 15.1. The summed E-state index contributed by atoms with van der Waals surface area (Å²) in [7, 11) is 0. The van der Waals surface area contributed by atoms with Crippen LogP contribution < -0.4 is 0 Å². The molecule has 1 spiro atoms. The minimum atomic E-state index is -5.86. The van der Waals surface area contributed by atoms with Crippen molar-refractivity contribution in [1.82, 2.24) is 0 Å². The topological polar surface area (TPSA) is 62.5 Å². The largest absolute Gasteiger partial charge is 0.456 e.